The summed E-state index contributed by atoms with van der Waals surface area (Å²) >= 11 is 0. The molecule has 1 saturated heterocycles. The summed E-state index contributed by atoms with van der Waals surface area (Å²) in [6.07, 6.45) is 10.3. The normalized spacial score (nSPS) is 14.2. The van der Waals surface area contributed by atoms with E-state index in [0.29, 0.717) is 17.1 Å². The van der Waals surface area contributed by atoms with Crippen molar-refractivity contribution in [2.75, 3.05) is 18.0 Å². The SMILES string of the molecule is NC1CN(c2cncc(-c3cnc4n[nH]c(-c5nc6nccc(-c7ccoc7)c6[nH]5)c4c3)n2)C1. The van der Waals surface area contributed by atoms with Crippen LogP contribution in [-0.2, 0) is 0 Å². The smallest absolute Gasteiger partial charge is 0.181 e. The van der Waals surface area contributed by atoms with Gasteiger partial charge in [0.25, 0.3) is 0 Å². The summed E-state index contributed by atoms with van der Waals surface area (Å²) in [5.41, 5.74) is 12.1. The Hall–Kier alpha value is -4.64. The van der Waals surface area contributed by atoms with Crippen molar-refractivity contribution in [3.8, 4) is 33.9 Å². The number of anilines is 1. The molecule has 0 atom stereocenters. The summed E-state index contributed by atoms with van der Waals surface area (Å²) in [7, 11) is 0. The second-order valence-corrected chi connectivity index (χ2v) is 8.28. The van der Waals surface area contributed by atoms with Gasteiger partial charge in [-0.25, -0.2) is 19.9 Å². The molecule has 0 aromatic carbocycles. The Kier molecular flexibility index (Phi) is 3.99. The first-order chi connectivity index (χ1) is 16.7. The van der Waals surface area contributed by atoms with Crippen molar-refractivity contribution >= 4 is 28.0 Å². The van der Waals surface area contributed by atoms with Crippen LogP contribution >= 0.6 is 0 Å². The summed E-state index contributed by atoms with van der Waals surface area (Å²) in [6, 6.07) is 6.01. The van der Waals surface area contributed by atoms with Crippen molar-refractivity contribution in [2.24, 2.45) is 5.73 Å². The molecule has 6 aromatic rings. The van der Waals surface area contributed by atoms with E-state index in [0.717, 1.165) is 57.9 Å². The Morgan fingerprint density at radius 1 is 1.03 bits per heavy atom. The Bertz CT molecular complexity index is 1650. The monoisotopic (exact) mass is 450 g/mol. The molecule has 1 aliphatic rings. The summed E-state index contributed by atoms with van der Waals surface area (Å²) < 4.78 is 5.25. The predicted octanol–water partition coefficient (Wildman–Crippen LogP) is 2.76. The van der Waals surface area contributed by atoms with E-state index in [-0.39, 0.29) is 6.04 Å². The van der Waals surface area contributed by atoms with Crippen LogP contribution in [0.2, 0.25) is 0 Å². The third-order valence-electron chi connectivity index (χ3n) is 6.02. The fourth-order valence-corrected chi connectivity index (χ4v) is 4.25. The standard InChI is InChI=1S/C23H18N10O/c24-14-9-33(10-14)18-8-25-7-17(28-18)13-5-16-20(31-32-21(16)27-6-13)23-29-19-15(12-2-4-34-11-12)1-3-26-22(19)30-23/h1-8,11,14H,9-10,24H2,(H,26,29,30)(H,27,31,32). The second-order valence-electron chi connectivity index (χ2n) is 8.28. The topological polar surface area (TPSA) is 151 Å². The molecule has 0 aliphatic carbocycles. The third-order valence-corrected chi connectivity index (χ3v) is 6.02. The molecule has 0 amide bonds. The first-order valence-corrected chi connectivity index (χ1v) is 10.8. The highest BCUT2D eigenvalue weighted by Gasteiger charge is 2.25. The number of aromatic amines is 2. The van der Waals surface area contributed by atoms with E-state index < -0.39 is 0 Å². The molecule has 7 heterocycles. The number of nitrogens with one attached hydrogen (secondary N) is 2. The number of fused-ring (bicyclic) bond motifs is 2. The Morgan fingerprint density at radius 2 is 1.97 bits per heavy atom. The highest BCUT2D eigenvalue weighted by atomic mass is 16.3. The average molecular weight is 450 g/mol. The predicted molar refractivity (Wildman–Crippen MR) is 126 cm³/mol. The fraction of sp³-hybridized carbons (Fsp3) is 0.130. The van der Waals surface area contributed by atoms with Crippen molar-refractivity contribution < 1.29 is 4.42 Å². The van der Waals surface area contributed by atoms with E-state index in [1.165, 1.54) is 0 Å². The lowest BCUT2D eigenvalue weighted by molar-refractivity contribution is 0.514. The number of imidazole rings is 1. The van der Waals surface area contributed by atoms with Crippen molar-refractivity contribution in [3.05, 3.63) is 55.5 Å². The van der Waals surface area contributed by atoms with Crippen LogP contribution in [0.3, 0.4) is 0 Å². The van der Waals surface area contributed by atoms with E-state index in [4.69, 9.17) is 20.1 Å². The molecule has 1 aliphatic heterocycles. The molecule has 0 bridgehead atoms. The van der Waals surface area contributed by atoms with E-state index >= 15 is 0 Å². The maximum atomic E-state index is 5.91. The van der Waals surface area contributed by atoms with Crippen molar-refractivity contribution in [1.29, 1.82) is 0 Å². The average Bonchev–Trinajstić information content (AvgIpc) is 3.60. The van der Waals surface area contributed by atoms with E-state index in [1.807, 2.05) is 18.2 Å². The lowest BCUT2D eigenvalue weighted by atomic mass is 10.1. The van der Waals surface area contributed by atoms with Crippen LogP contribution in [0.4, 0.5) is 5.82 Å². The van der Waals surface area contributed by atoms with Gasteiger partial charge >= 0.3 is 0 Å². The molecule has 11 heteroatoms. The highest BCUT2D eigenvalue weighted by molar-refractivity contribution is 5.95. The molecule has 34 heavy (non-hydrogen) atoms. The van der Waals surface area contributed by atoms with Crippen LogP contribution in [-0.4, -0.2) is 59.2 Å². The van der Waals surface area contributed by atoms with Gasteiger partial charge in [-0.15, -0.1) is 0 Å². The summed E-state index contributed by atoms with van der Waals surface area (Å²) in [4.78, 5) is 28.3. The van der Waals surface area contributed by atoms with Crippen molar-refractivity contribution in [1.82, 2.24) is 40.1 Å². The van der Waals surface area contributed by atoms with Crippen molar-refractivity contribution in [2.45, 2.75) is 6.04 Å². The van der Waals surface area contributed by atoms with Gasteiger partial charge in [0.2, 0.25) is 0 Å². The maximum absolute atomic E-state index is 5.91. The van der Waals surface area contributed by atoms with Crippen LogP contribution in [0.15, 0.2) is 59.9 Å². The summed E-state index contributed by atoms with van der Waals surface area (Å²) in [5.74, 6) is 1.43. The van der Waals surface area contributed by atoms with Gasteiger partial charge in [0, 0.05) is 48.2 Å². The number of furan rings is 1. The third kappa shape index (κ3) is 2.94. The molecule has 4 N–H and O–H groups in total. The fourth-order valence-electron chi connectivity index (χ4n) is 4.25. The summed E-state index contributed by atoms with van der Waals surface area (Å²) in [5, 5.41) is 8.24. The molecule has 11 nitrogen and oxygen atoms in total. The summed E-state index contributed by atoms with van der Waals surface area (Å²) in [6.45, 7) is 1.56. The Labute approximate surface area is 192 Å². The maximum Gasteiger partial charge on any atom is 0.181 e. The van der Waals surface area contributed by atoms with Gasteiger partial charge in [0.1, 0.15) is 11.5 Å². The molecule has 166 valence electrons. The minimum absolute atomic E-state index is 0.185. The number of rotatable bonds is 4. The Balaban J connectivity index is 1.31. The molecule has 0 unspecified atom stereocenters. The van der Waals surface area contributed by atoms with Gasteiger partial charge in [0.15, 0.2) is 17.1 Å². The molecule has 7 rings (SSSR count). The first kappa shape index (κ1) is 18.9. The van der Waals surface area contributed by atoms with Gasteiger partial charge in [-0.1, -0.05) is 0 Å². The zero-order valence-corrected chi connectivity index (χ0v) is 17.8. The van der Waals surface area contributed by atoms with E-state index in [2.05, 4.69) is 35.0 Å². The van der Waals surface area contributed by atoms with Crippen LogP contribution in [0, 0.1) is 0 Å². The number of hydrogen-bond acceptors (Lipinski definition) is 9. The lowest BCUT2D eigenvalue weighted by Crippen LogP contribution is -2.56. The highest BCUT2D eigenvalue weighted by Crippen LogP contribution is 2.32. The van der Waals surface area contributed by atoms with Gasteiger partial charge < -0.3 is 20.0 Å². The van der Waals surface area contributed by atoms with Crippen LogP contribution in [0.25, 0.3) is 56.1 Å². The molecule has 0 saturated carbocycles. The second kappa shape index (κ2) is 7.18. The van der Waals surface area contributed by atoms with Crippen LogP contribution in [0.5, 0.6) is 0 Å². The molecular formula is C23H18N10O. The van der Waals surface area contributed by atoms with Crippen LogP contribution < -0.4 is 10.6 Å². The number of aromatic nitrogens is 8. The quantitative estimate of drug-likeness (QED) is 0.368. The van der Waals surface area contributed by atoms with Gasteiger partial charge in [-0.2, -0.15) is 5.10 Å². The number of hydrogen-bond donors (Lipinski definition) is 3. The number of pyridine rings is 2. The van der Waals surface area contributed by atoms with Gasteiger partial charge in [0.05, 0.1) is 41.5 Å². The molecule has 1 fully saturated rings. The molecule has 6 aromatic heterocycles. The molecule has 0 radical (unpaired) electrons. The van der Waals surface area contributed by atoms with Gasteiger partial charge in [-0.05, 0) is 18.2 Å². The van der Waals surface area contributed by atoms with E-state index in [1.54, 1.807) is 37.3 Å². The van der Waals surface area contributed by atoms with E-state index in [9.17, 15) is 0 Å². The minimum Gasteiger partial charge on any atom is -0.472 e. The molecular weight excluding hydrogens is 432 g/mol. The van der Waals surface area contributed by atoms with Crippen molar-refractivity contribution in [3.63, 3.8) is 0 Å². The largest absolute Gasteiger partial charge is 0.472 e. The van der Waals surface area contributed by atoms with Crippen LogP contribution in [0.1, 0.15) is 0 Å². The minimum atomic E-state index is 0.185. The number of nitrogens with zero attached hydrogens (tertiary/aromatic N) is 7. The number of nitrogens with two attached hydrogens (primary N) is 1. The lowest BCUT2D eigenvalue weighted by Gasteiger charge is -2.37. The Morgan fingerprint density at radius 3 is 2.82 bits per heavy atom. The first-order valence-electron chi connectivity index (χ1n) is 10.8. The zero-order chi connectivity index (χ0) is 22.6. The zero-order valence-electron chi connectivity index (χ0n) is 17.8. The molecule has 0 spiro atoms. The number of H-pyrrole nitrogens is 2. The van der Waals surface area contributed by atoms with Gasteiger partial charge in [-0.3, -0.25) is 10.1 Å².